The standard InChI is InChI=1S/C21H22N2O5/c1-22(2)11-5-7-13(15(24)9-11)17-19(26)18(21(28)20(17)27)14-8-6-12(23(3)4)10-16(14)25/h5-10,24-26H,1-4H3,(H,27,28). The molecule has 0 spiro atoms. The predicted molar refractivity (Wildman–Crippen MR) is 109 cm³/mol. The number of phenols is 2. The van der Waals surface area contributed by atoms with E-state index in [0.29, 0.717) is 11.4 Å². The van der Waals surface area contributed by atoms with Gasteiger partial charge in [-0.05, 0) is 24.3 Å². The average Bonchev–Trinajstić information content (AvgIpc) is 2.84. The maximum Gasteiger partial charge on any atom is 0.232 e. The molecule has 2 aromatic rings. The second-order valence-corrected chi connectivity index (χ2v) is 6.97. The van der Waals surface area contributed by atoms with Gasteiger partial charge in [0, 0.05) is 62.8 Å². The molecule has 28 heavy (non-hydrogen) atoms. The number of Topliss-reactive ketones (excluding diaryl/α,β-unsaturated/α-hetero) is 1. The zero-order valence-electron chi connectivity index (χ0n) is 16.1. The molecule has 2 aromatic carbocycles. The van der Waals surface area contributed by atoms with E-state index < -0.39 is 17.3 Å². The van der Waals surface area contributed by atoms with Crippen molar-refractivity contribution in [1.82, 2.24) is 0 Å². The van der Waals surface area contributed by atoms with Gasteiger partial charge in [0.15, 0.2) is 5.76 Å². The number of aromatic hydroxyl groups is 2. The fourth-order valence-electron chi connectivity index (χ4n) is 3.10. The van der Waals surface area contributed by atoms with E-state index in [0.717, 1.165) is 0 Å². The van der Waals surface area contributed by atoms with E-state index in [-0.39, 0.29) is 33.8 Å². The normalized spacial score (nSPS) is 14.1. The summed E-state index contributed by atoms with van der Waals surface area (Å²) in [5.74, 6) is -2.40. The SMILES string of the molecule is CN(C)c1ccc(C2=C(O)C(c3ccc(N(C)C)cc3O)=C(O)C2=O)c(O)c1. The van der Waals surface area contributed by atoms with Crippen LogP contribution in [-0.4, -0.2) is 54.4 Å². The van der Waals surface area contributed by atoms with Crippen molar-refractivity contribution < 1.29 is 25.2 Å². The van der Waals surface area contributed by atoms with Gasteiger partial charge in [0.2, 0.25) is 5.78 Å². The molecular weight excluding hydrogens is 360 g/mol. The molecule has 7 heteroatoms. The molecule has 0 aliphatic heterocycles. The molecule has 0 bridgehead atoms. The van der Waals surface area contributed by atoms with Crippen LogP contribution in [0.4, 0.5) is 11.4 Å². The van der Waals surface area contributed by atoms with E-state index in [9.17, 15) is 25.2 Å². The van der Waals surface area contributed by atoms with Crippen LogP contribution in [0.15, 0.2) is 47.9 Å². The number of aliphatic hydroxyl groups is 2. The number of benzene rings is 2. The minimum absolute atomic E-state index is 0.0963. The second kappa shape index (κ2) is 6.84. The first-order valence-corrected chi connectivity index (χ1v) is 8.56. The van der Waals surface area contributed by atoms with Gasteiger partial charge in [0.1, 0.15) is 17.3 Å². The Balaban J connectivity index is 2.13. The maximum atomic E-state index is 12.6. The Hall–Kier alpha value is -3.61. The van der Waals surface area contributed by atoms with Gasteiger partial charge >= 0.3 is 0 Å². The van der Waals surface area contributed by atoms with Gasteiger partial charge in [-0.25, -0.2) is 0 Å². The molecule has 0 radical (unpaired) electrons. The Labute approximate surface area is 162 Å². The van der Waals surface area contributed by atoms with Crippen molar-refractivity contribution in [2.45, 2.75) is 0 Å². The molecule has 7 nitrogen and oxygen atoms in total. The van der Waals surface area contributed by atoms with Gasteiger partial charge in [0.25, 0.3) is 0 Å². The minimum Gasteiger partial charge on any atom is -0.507 e. The van der Waals surface area contributed by atoms with Gasteiger partial charge in [0.05, 0.1) is 11.1 Å². The number of ketones is 1. The topological polar surface area (TPSA) is 104 Å². The lowest BCUT2D eigenvalue weighted by atomic mass is 10.00. The Morgan fingerprint density at radius 2 is 1.07 bits per heavy atom. The monoisotopic (exact) mass is 382 g/mol. The van der Waals surface area contributed by atoms with E-state index in [4.69, 9.17) is 0 Å². The molecule has 146 valence electrons. The fourth-order valence-corrected chi connectivity index (χ4v) is 3.10. The first-order chi connectivity index (χ1) is 13.1. The number of hydrogen-bond donors (Lipinski definition) is 4. The van der Waals surface area contributed by atoms with Crippen LogP contribution in [0.2, 0.25) is 0 Å². The number of allylic oxidation sites excluding steroid dienone is 2. The summed E-state index contributed by atoms with van der Waals surface area (Å²) >= 11 is 0. The Morgan fingerprint density at radius 3 is 1.46 bits per heavy atom. The average molecular weight is 382 g/mol. The van der Waals surface area contributed by atoms with Crippen LogP contribution in [-0.2, 0) is 4.79 Å². The van der Waals surface area contributed by atoms with Gasteiger partial charge in [-0.3, -0.25) is 4.79 Å². The minimum atomic E-state index is -0.823. The zero-order valence-corrected chi connectivity index (χ0v) is 16.1. The van der Waals surface area contributed by atoms with Gasteiger partial charge in [-0.1, -0.05) is 0 Å². The van der Waals surface area contributed by atoms with Crippen molar-refractivity contribution in [1.29, 1.82) is 0 Å². The highest BCUT2D eigenvalue weighted by molar-refractivity contribution is 6.37. The lowest BCUT2D eigenvalue weighted by molar-refractivity contribution is -0.112. The summed E-state index contributed by atoms with van der Waals surface area (Å²) < 4.78 is 0. The highest BCUT2D eigenvalue weighted by Crippen LogP contribution is 2.44. The number of aliphatic hydroxyl groups excluding tert-OH is 2. The molecule has 0 unspecified atom stereocenters. The second-order valence-electron chi connectivity index (χ2n) is 6.97. The van der Waals surface area contributed by atoms with E-state index in [1.165, 1.54) is 24.3 Å². The molecule has 1 aliphatic carbocycles. The third-order valence-electron chi connectivity index (χ3n) is 4.69. The van der Waals surface area contributed by atoms with Crippen molar-refractivity contribution in [2.24, 2.45) is 0 Å². The predicted octanol–water partition coefficient (Wildman–Crippen LogP) is 3.05. The first kappa shape index (κ1) is 19.2. The van der Waals surface area contributed by atoms with Crippen molar-refractivity contribution in [3.8, 4) is 11.5 Å². The van der Waals surface area contributed by atoms with Crippen LogP contribution >= 0.6 is 0 Å². The summed E-state index contributed by atoms with van der Waals surface area (Å²) in [7, 11) is 7.22. The number of carbonyl (C=O) groups excluding carboxylic acids is 1. The molecule has 3 rings (SSSR count). The van der Waals surface area contributed by atoms with Gasteiger partial charge in [-0.15, -0.1) is 0 Å². The Kier molecular flexibility index (Phi) is 4.68. The van der Waals surface area contributed by atoms with Crippen LogP contribution in [0.25, 0.3) is 11.1 Å². The number of nitrogens with zero attached hydrogens (tertiary/aromatic N) is 2. The fraction of sp³-hybridized carbons (Fsp3) is 0.190. The Bertz CT molecular complexity index is 1040. The number of carbonyl (C=O) groups is 1. The smallest absolute Gasteiger partial charge is 0.232 e. The summed E-state index contributed by atoms with van der Waals surface area (Å²) in [6.07, 6.45) is 0. The number of hydrogen-bond acceptors (Lipinski definition) is 7. The third-order valence-corrected chi connectivity index (χ3v) is 4.69. The lowest BCUT2D eigenvalue weighted by Gasteiger charge is -2.15. The third kappa shape index (κ3) is 3.00. The van der Waals surface area contributed by atoms with Crippen LogP contribution in [0, 0.1) is 0 Å². The van der Waals surface area contributed by atoms with Crippen LogP contribution < -0.4 is 9.80 Å². The molecule has 0 saturated heterocycles. The molecule has 0 atom stereocenters. The summed E-state index contributed by atoms with van der Waals surface area (Å²) in [5.41, 5.74) is 1.25. The molecule has 1 aliphatic rings. The van der Waals surface area contributed by atoms with Crippen molar-refractivity contribution in [3.63, 3.8) is 0 Å². The first-order valence-electron chi connectivity index (χ1n) is 8.56. The molecule has 0 aromatic heterocycles. The number of anilines is 2. The van der Waals surface area contributed by atoms with Gasteiger partial charge in [-0.2, -0.15) is 0 Å². The quantitative estimate of drug-likeness (QED) is 0.644. The summed E-state index contributed by atoms with van der Waals surface area (Å²) in [5, 5.41) is 41.8. The molecule has 4 N–H and O–H groups in total. The van der Waals surface area contributed by atoms with Crippen LogP contribution in [0.1, 0.15) is 11.1 Å². The van der Waals surface area contributed by atoms with E-state index in [2.05, 4.69) is 0 Å². The van der Waals surface area contributed by atoms with E-state index >= 15 is 0 Å². The molecule has 0 saturated carbocycles. The van der Waals surface area contributed by atoms with Crippen LogP contribution in [0.5, 0.6) is 11.5 Å². The van der Waals surface area contributed by atoms with E-state index in [1.54, 1.807) is 50.1 Å². The van der Waals surface area contributed by atoms with Crippen molar-refractivity contribution in [2.75, 3.05) is 38.0 Å². The Morgan fingerprint density at radius 1 is 0.643 bits per heavy atom. The van der Waals surface area contributed by atoms with E-state index in [1.807, 2.05) is 0 Å². The molecule has 0 amide bonds. The van der Waals surface area contributed by atoms with Crippen molar-refractivity contribution in [3.05, 3.63) is 59.0 Å². The van der Waals surface area contributed by atoms with Crippen molar-refractivity contribution >= 4 is 28.3 Å². The summed E-state index contributed by atoms with van der Waals surface area (Å²) in [6.45, 7) is 0. The van der Waals surface area contributed by atoms with Gasteiger partial charge < -0.3 is 30.2 Å². The highest BCUT2D eigenvalue weighted by atomic mass is 16.3. The number of rotatable bonds is 4. The largest absolute Gasteiger partial charge is 0.507 e. The maximum absolute atomic E-state index is 12.6. The zero-order chi connectivity index (χ0) is 20.7. The lowest BCUT2D eigenvalue weighted by Crippen LogP contribution is -2.09. The summed E-state index contributed by atoms with van der Waals surface area (Å²) in [4.78, 5) is 16.2. The summed E-state index contributed by atoms with van der Waals surface area (Å²) in [6, 6.07) is 9.31. The number of phenolic OH excluding ortho intramolecular Hbond substituents is 2. The van der Waals surface area contributed by atoms with Crippen LogP contribution in [0.3, 0.4) is 0 Å². The molecular formula is C21H22N2O5. The molecule has 0 heterocycles. The highest BCUT2D eigenvalue weighted by Gasteiger charge is 2.36. The molecule has 0 fully saturated rings.